The number of hydrogen-bond acceptors (Lipinski definition) is 7. The topological polar surface area (TPSA) is 119 Å². The van der Waals surface area contributed by atoms with Crippen molar-refractivity contribution >= 4 is 0 Å². The number of halogens is 2. The van der Waals surface area contributed by atoms with Crippen LogP contribution in [0.3, 0.4) is 0 Å². The summed E-state index contributed by atoms with van der Waals surface area (Å²) in [5.74, 6) is -1.61. The molecule has 2 aromatic carbocycles. The highest BCUT2D eigenvalue weighted by atomic mass is 19.1. The first-order valence-electron chi connectivity index (χ1n) is 10.0. The average molecular weight is 464 g/mol. The lowest BCUT2D eigenvalue weighted by atomic mass is 9.90. The van der Waals surface area contributed by atoms with Gasteiger partial charge in [-0.3, -0.25) is 4.98 Å². The van der Waals surface area contributed by atoms with Crippen molar-refractivity contribution in [2.75, 3.05) is 14.2 Å². The molecule has 4 aromatic rings. The van der Waals surface area contributed by atoms with Gasteiger partial charge in [0.15, 0.2) is 11.5 Å². The molecule has 2 aromatic heterocycles. The summed E-state index contributed by atoms with van der Waals surface area (Å²) in [6, 6.07) is 10.0. The maximum atomic E-state index is 15.2. The molecule has 11 heteroatoms. The van der Waals surface area contributed by atoms with Crippen molar-refractivity contribution in [2.45, 2.75) is 12.3 Å². The van der Waals surface area contributed by atoms with E-state index in [9.17, 15) is 9.18 Å². The third-order valence-corrected chi connectivity index (χ3v) is 5.18. The van der Waals surface area contributed by atoms with Gasteiger partial charge in [0.1, 0.15) is 23.5 Å². The molecule has 0 saturated carbocycles. The van der Waals surface area contributed by atoms with Crippen molar-refractivity contribution in [3.63, 3.8) is 0 Å². The summed E-state index contributed by atoms with van der Waals surface area (Å²) < 4.78 is 40.9. The highest BCUT2D eigenvalue weighted by molar-refractivity contribution is 5.46. The number of nitrogens with zero attached hydrogens (tertiary/aromatic N) is 5. The van der Waals surface area contributed by atoms with Crippen LogP contribution in [-0.2, 0) is 6.42 Å². The summed E-state index contributed by atoms with van der Waals surface area (Å²) in [5.41, 5.74) is -0.144. The molecule has 0 spiro atoms. The van der Waals surface area contributed by atoms with E-state index in [0.29, 0.717) is 5.56 Å². The van der Waals surface area contributed by atoms with E-state index in [1.54, 1.807) is 18.2 Å². The average Bonchev–Trinajstić information content (AvgIpc) is 3.24. The van der Waals surface area contributed by atoms with Crippen LogP contribution in [0.15, 0.2) is 53.6 Å². The molecule has 34 heavy (non-hydrogen) atoms. The summed E-state index contributed by atoms with van der Waals surface area (Å²) in [5, 5.41) is 13.3. The van der Waals surface area contributed by atoms with E-state index in [1.807, 2.05) is 0 Å². The third-order valence-electron chi connectivity index (χ3n) is 5.18. The SMILES string of the molecule is COc1cc(F)c(C(Cc2ccc(C#N)c(F)c2)c2nn(-c3ncccn3)c(=O)[nH]2)cc1OC. The van der Waals surface area contributed by atoms with E-state index < -0.39 is 23.2 Å². The Kier molecular flexibility index (Phi) is 6.31. The normalized spacial score (nSPS) is 11.6. The number of benzene rings is 2. The first kappa shape index (κ1) is 22.6. The number of ether oxygens (including phenoxy) is 2. The molecule has 0 fully saturated rings. The Hall–Kier alpha value is -4.59. The van der Waals surface area contributed by atoms with E-state index in [-0.39, 0.29) is 40.8 Å². The smallest absolute Gasteiger partial charge is 0.350 e. The molecule has 0 aliphatic carbocycles. The minimum absolute atomic E-state index is 0.0333. The lowest BCUT2D eigenvalue weighted by Gasteiger charge is -2.18. The van der Waals surface area contributed by atoms with E-state index in [0.717, 1.165) is 10.7 Å². The van der Waals surface area contributed by atoms with Crippen LogP contribution in [0.2, 0.25) is 0 Å². The largest absolute Gasteiger partial charge is 0.493 e. The van der Waals surface area contributed by atoms with Crippen molar-refractivity contribution in [2.24, 2.45) is 0 Å². The molecule has 1 unspecified atom stereocenters. The Labute approximate surface area is 192 Å². The van der Waals surface area contributed by atoms with Gasteiger partial charge < -0.3 is 9.47 Å². The zero-order chi connectivity index (χ0) is 24.2. The van der Waals surface area contributed by atoms with Crippen molar-refractivity contribution in [1.82, 2.24) is 24.7 Å². The van der Waals surface area contributed by atoms with Gasteiger partial charge >= 0.3 is 5.69 Å². The van der Waals surface area contributed by atoms with Gasteiger partial charge in [-0.2, -0.15) is 5.26 Å². The van der Waals surface area contributed by atoms with E-state index in [1.165, 1.54) is 44.8 Å². The minimum atomic E-state index is -0.857. The van der Waals surface area contributed by atoms with Crippen LogP contribution >= 0.6 is 0 Å². The van der Waals surface area contributed by atoms with E-state index in [4.69, 9.17) is 14.7 Å². The van der Waals surface area contributed by atoms with Gasteiger partial charge in [-0.25, -0.2) is 23.5 Å². The number of hydrogen-bond donors (Lipinski definition) is 1. The first-order valence-corrected chi connectivity index (χ1v) is 10.0. The molecule has 0 aliphatic heterocycles. The molecule has 0 radical (unpaired) electrons. The number of H-pyrrole nitrogens is 1. The molecule has 0 amide bonds. The Bertz CT molecular complexity index is 1430. The summed E-state index contributed by atoms with van der Waals surface area (Å²) in [6.45, 7) is 0. The fourth-order valence-electron chi connectivity index (χ4n) is 3.54. The monoisotopic (exact) mass is 464 g/mol. The zero-order valence-corrected chi connectivity index (χ0v) is 18.1. The van der Waals surface area contributed by atoms with Crippen molar-refractivity contribution in [3.8, 4) is 23.5 Å². The zero-order valence-electron chi connectivity index (χ0n) is 18.1. The highest BCUT2D eigenvalue weighted by Gasteiger charge is 2.26. The standard InChI is InChI=1S/C23H18F2N6O3/c1-33-19-10-15(18(25)11-20(19)34-2)16(8-13-4-5-14(12-26)17(24)9-13)21-29-23(32)31(30-21)22-27-6-3-7-28-22/h3-7,9-11,16H,8H2,1-2H3,(H,29,30,32). The highest BCUT2D eigenvalue weighted by Crippen LogP contribution is 2.36. The van der Waals surface area contributed by atoms with E-state index in [2.05, 4.69) is 20.1 Å². The quantitative estimate of drug-likeness (QED) is 0.447. The maximum absolute atomic E-state index is 15.2. The van der Waals surface area contributed by atoms with Crippen LogP contribution in [0, 0.1) is 23.0 Å². The third kappa shape index (κ3) is 4.33. The maximum Gasteiger partial charge on any atom is 0.350 e. The molecular formula is C23H18F2N6O3. The predicted molar refractivity (Wildman–Crippen MR) is 116 cm³/mol. The first-order chi connectivity index (χ1) is 16.4. The number of aromatic amines is 1. The molecule has 1 N–H and O–H groups in total. The number of aromatic nitrogens is 5. The number of nitrogens with one attached hydrogen (secondary N) is 1. The molecule has 9 nitrogen and oxygen atoms in total. The van der Waals surface area contributed by atoms with Crippen LogP contribution in [0.25, 0.3) is 5.95 Å². The van der Waals surface area contributed by atoms with Gasteiger partial charge in [0, 0.05) is 24.0 Å². The lowest BCUT2D eigenvalue weighted by Crippen LogP contribution is -2.18. The summed E-state index contributed by atoms with van der Waals surface area (Å²) in [7, 11) is 2.79. The fraction of sp³-hybridized carbons (Fsp3) is 0.174. The van der Waals surface area contributed by atoms with Gasteiger partial charge in [0.05, 0.1) is 25.7 Å². The van der Waals surface area contributed by atoms with E-state index >= 15 is 4.39 Å². The Morgan fingerprint density at radius 3 is 2.44 bits per heavy atom. The molecular weight excluding hydrogens is 446 g/mol. The van der Waals surface area contributed by atoms with Gasteiger partial charge in [-0.15, -0.1) is 9.78 Å². The lowest BCUT2D eigenvalue weighted by molar-refractivity contribution is 0.351. The van der Waals surface area contributed by atoms with Gasteiger partial charge in [-0.05, 0) is 36.2 Å². The molecule has 1 atom stereocenters. The van der Waals surface area contributed by atoms with Crippen LogP contribution < -0.4 is 15.2 Å². The van der Waals surface area contributed by atoms with Gasteiger partial charge in [-0.1, -0.05) is 6.07 Å². The molecule has 0 saturated heterocycles. The molecule has 4 rings (SSSR count). The Balaban J connectivity index is 1.85. The predicted octanol–water partition coefficient (Wildman–Crippen LogP) is 2.89. The second-order valence-corrected chi connectivity index (χ2v) is 7.19. The molecule has 2 heterocycles. The number of nitriles is 1. The Morgan fingerprint density at radius 2 is 1.79 bits per heavy atom. The van der Waals surface area contributed by atoms with Crippen molar-refractivity contribution in [1.29, 1.82) is 5.26 Å². The van der Waals surface area contributed by atoms with Crippen LogP contribution in [0.5, 0.6) is 11.5 Å². The second-order valence-electron chi connectivity index (χ2n) is 7.19. The number of rotatable bonds is 7. The second kappa shape index (κ2) is 9.50. The van der Waals surface area contributed by atoms with Crippen LogP contribution in [0.4, 0.5) is 8.78 Å². The molecule has 172 valence electrons. The minimum Gasteiger partial charge on any atom is -0.493 e. The van der Waals surface area contributed by atoms with Crippen molar-refractivity contribution < 1.29 is 18.3 Å². The summed E-state index contributed by atoms with van der Waals surface area (Å²) >= 11 is 0. The molecule has 0 aliphatic rings. The number of methoxy groups -OCH3 is 2. The fourth-order valence-corrected chi connectivity index (χ4v) is 3.54. The Morgan fingerprint density at radius 1 is 1.09 bits per heavy atom. The summed E-state index contributed by atoms with van der Waals surface area (Å²) in [4.78, 5) is 23.3. The summed E-state index contributed by atoms with van der Waals surface area (Å²) in [6.07, 6.45) is 2.96. The van der Waals surface area contributed by atoms with Crippen molar-refractivity contribution in [3.05, 3.63) is 93.4 Å². The van der Waals surface area contributed by atoms with Crippen LogP contribution in [-0.4, -0.2) is 39.0 Å². The van der Waals surface area contributed by atoms with Crippen LogP contribution in [0.1, 0.15) is 28.4 Å². The van der Waals surface area contributed by atoms with Gasteiger partial charge in [0.25, 0.3) is 5.95 Å². The van der Waals surface area contributed by atoms with Gasteiger partial charge in [0.2, 0.25) is 0 Å². The molecule has 0 bridgehead atoms.